The SMILES string of the molecule is C.Cc1cc(C(F)(C(F)(F)F)C(F)(F)F)ccc1NC(=O)c1cccc(CCC2CC2)c1F.Cc1cc(C(F)(C(F)(F)F)C(F)(F)F)ccc1NC(=O)c1cccc(N)c1F.O=CC1CC1.[Zn]. The van der Waals surface area contributed by atoms with Gasteiger partial charge in [0.1, 0.15) is 12.1 Å². The van der Waals surface area contributed by atoms with Crippen molar-refractivity contribution in [3.05, 3.63) is 123 Å². The number of alkyl halides is 14. The van der Waals surface area contributed by atoms with Crippen LogP contribution >= 0.6 is 0 Å². The van der Waals surface area contributed by atoms with E-state index in [2.05, 4.69) is 10.6 Å². The number of nitrogen functional groups attached to an aromatic ring is 1. The third-order valence-electron chi connectivity index (χ3n) is 10.2. The zero-order valence-corrected chi connectivity index (χ0v) is 37.4. The average molecular weight is 1030 g/mol. The molecule has 2 aliphatic rings. The molecule has 6 nitrogen and oxygen atoms in total. The molecule has 0 heterocycles. The fourth-order valence-electron chi connectivity index (χ4n) is 6.06. The smallest absolute Gasteiger partial charge is 0.396 e. The largest absolute Gasteiger partial charge is 0.435 e. The predicted molar refractivity (Wildman–Crippen MR) is 212 cm³/mol. The molecule has 2 aliphatic carbocycles. The Labute approximate surface area is 385 Å². The van der Waals surface area contributed by atoms with Gasteiger partial charge in [0.2, 0.25) is 0 Å². The van der Waals surface area contributed by atoms with Gasteiger partial charge in [-0.2, -0.15) is 52.7 Å². The molecule has 0 saturated heterocycles. The van der Waals surface area contributed by atoms with E-state index in [0.717, 1.165) is 64.4 Å². The van der Waals surface area contributed by atoms with E-state index in [9.17, 15) is 84.6 Å². The number of carbonyl (C=O) groups is 3. The van der Waals surface area contributed by atoms with E-state index in [0.29, 0.717) is 48.1 Å². The van der Waals surface area contributed by atoms with Crippen LogP contribution in [0.15, 0.2) is 72.8 Å². The van der Waals surface area contributed by atoms with Gasteiger partial charge in [-0.3, -0.25) is 9.59 Å². The second-order valence-electron chi connectivity index (χ2n) is 15.2. The minimum atomic E-state index is -6.26. The molecule has 4 N–H and O–H groups in total. The summed E-state index contributed by atoms with van der Waals surface area (Å²) in [5, 5.41) is 4.40. The predicted octanol–water partition coefficient (Wildman–Crippen LogP) is 13.5. The van der Waals surface area contributed by atoms with Gasteiger partial charge < -0.3 is 21.2 Å². The Balaban J connectivity index is 0.000000407. The molecule has 0 atom stereocenters. The van der Waals surface area contributed by atoms with Crippen LogP contribution in [0.2, 0.25) is 0 Å². The number of rotatable bonds is 10. The average Bonchev–Trinajstić information content (AvgIpc) is 4.14. The number of nitrogens with one attached hydrogen (secondary N) is 2. The van der Waals surface area contributed by atoms with Crippen molar-refractivity contribution in [1.29, 1.82) is 0 Å². The molecule has 0 aliphatic heterocycles. The van der Waals surface area contributed by atoms with Gasteiger partial charge in [-0.1, -0.05) is 62.7 Å². The topological polar surface area (TPSA) is 101 Å². The Morgan fingerprint density at radius 1 is 0.612 bits per heavy atom. The van der Waals surface area contributed by atoms with Gasteiger partial charge in [0.15, 0.2) is 5.82 Å². The Kier molecular flexibility index (Phi) is 18.9. The number of aryl methyl sites for hydroxylation is 3. The van der Waals surface area contributed by atoms with Gasteiger partial charge in [-0.25, -0.2) is 17.6 Å². The van der Waals surface area contributed by atoms with Crippen molar-refractivity contribution in [2.24, 2.45) is 11.8 Å². The van der Waals surface area contributed by atoms with Crippen LogP contribution in [0.5, 0.6) is 0 Å². The summed E-state index contributed by atoms with van der Waals surface area (Å²) in [4.78, 5) is 34.2. The number of benzene rings is 4. The summed E-state index contributed by atoms with van der Waals surface area (Å²) in [6.45, 7) is 2.16. The van der Waals surface area contributed by atoms with Crippen molar-refractivity contribution in [3.8, 4) is 0 Å². The monoisotopic (exact) mass is 1030 g/mol. The summed E-state index contributed by atoms with van der Waals surface area (Å²) in [6, 6.07) is 10.4. The van der Waals surface area contributed by atoms with Crippen LogP contribution in [-0.4, -0.2) is 42.8 Å². The quantitative estimate of drug-likeness (QED) is 0.0637. The van der Waals surface area contributed by atoms with Crippen molar-refractivity contribution >= 4 is 35.2 Å². The zero-order valence-electron chi connectivity index (χ0n) is 34.5. The summed E-state index contributed by atoms with van der Waals surface area (Å²) >= 11 is 0. The second-order valence-corrected chi connectivity index (χ2v) is 15.2. The number of hydrogen-bond acceptors (Lipinski definition) is 4. The first-order valence-electron chi connectivity index (χ1n) is 19.1. The number of aldehydes is 1. The van der Waals surface area contributed by atoms with Crippen LogP contribution in [0.4, 0.5) is 87.3 Å². The van der Waals surface area contributed by atoms with Crippen LogP contribution in [0.3, 0.4) is 0 Å². The van der Waals surface area contributed by atoms with Gasteiger partial charge in [0.25, 0.3) is 11.8 Å². The molecule has 2 saturated carbocycles. The van der Waals surface area contributed by atoms with Gasteiger partial charge in [0.05, 0.1) is 16.8 Å². The molecule has 67 heavy (non-hydrogen) atoms. The summed E-state index contributed by atoms with van der Waals surface area (Å²) in [5.41, 5.74) is -11.0. The second kappa shape index (κ2) is 21.8. The number of amides is 2. The maximum absolute atomic E-state index is 14.7. The fourth-order valence-corrected chi connectivity index (χ4v) is 6.06. The van der Waals surface area contributed by atoms with E-state index in [1.165, 1.54) is 24.3 Å². The molecule has 364 valence electrons. The van der Waals surface area contributed by atoms with Crippen molar-refractivity contribution in [2.75, 3.05) is 16.4 Å². The number of nitrogens with two attached hydrogens (primary N) is 1. The molecule has 0 bridgehead atoms. The van der Waals surface area contributed by atoms with E-state index < -0.39 is 76.2 Å². The van der Waals surface area contributed by atoms with Crippen LogP contribution in [0.1, 0.15) is 88.1 Å². The van der Waals surface area contributed by atoms with E-state index >= 15 is 0 Å². The first-order valence-corrected chi connectivity index (χ1v) is 19.1. The Bertz CT molecular complexity index is 2350. The molecule has 6 rings (SSSR count). The van der Waals surface area contributed by atoms with Gasteiger partial charge in [-0.15, -0.1) is 0 Å². The Hall–Kier alpha value is -5.21. The Morgan fingerprint density at radius 3 is 1.33 bits per heavy atom. The van der Waals surface area contributed by atoms with Crippen LogP contribution in [0.25, 0.3) is 0 Å². The molecular weight excluding hydrogens is 988 g/mol. The molecule has 4 aromatic rings. The van der Waals surface area contributed by atoms with Crippen molar-refractivity contribution in [2.45, 2.75) is 95.8 Å². The third-order valence-corrected chi connectivity index (χ3v) is 10.2. The molecule has 0 spiro atoms. The minimum absolute atomic E-state index is 0. The number of carbonyl (C=O) groups excluding carboxylic acids is 3. The van der Waals surface area contributed by atoms with E-state index in [1.54, 1.807) is 6.07 Å². The molecule has 2 fully saturated rings. The Morgan fingerprint density at radius 2 is 1.00 bits per heavy atom. The van der Waals surface area contributed by atoms with E-state index in [1.807, 2.05) is 0 Å². The number of halogens is 16. The first kappa shape index (κ1) is 57.9. The molecular formula is C44H41F16N3O3Zn. The van der Waals surface area contributed by atoms with E-state index in [-0.39, 0.29) is 66.7 Å². The fraction of sp³-hybridized carbons (Fsp3) is 0.386. The van der Waals surface area contributed by atoms with Crippen LogP contribution < -0.4 is 16.4 Å². The molecule has 23 heteroatoms. The van der Waals surface area contributed by atoms with Crippen molar-refractivity contribution in [3.63, 3.8) is 0 Å². The molecule has 0 radical (unpaired) electrons. The summed E-state index contributed by atoms with van der Waals surface area (Å²) < 4.78 is 211. The number of anilines is 3. The summed E-state index contributed by atoms with van der Waals surface area (Å²) in [6.07, 6.45) is -18.3. The summed E-state index contributed by atoms with van der Waals surface area (Å²) in [7, 11) is 0. The third kappa shape index (κ3) is 13.3. The first-order chi connectivity index (χ1) is 29.9. The molecule has 0 unspecified atom stereocenters. The maximum Gasteiger partial charge on any atom is 0.435 e. The van der Waals surface area contributed by atoms with Crippen LogP contribution in [0, 0.1) is 37.3 Å². The zero-order chi connectivity index (χ0) is 49.1. The number of hydrogen-bond donors (Lipinski definition) is 3. The van der Waals surface area contributed by atoms with Gasteiger partial charge in [0, 0.05) is 47.9 Å². The van der Waals surface area contributed by atoms with Crippen LogP contribution in [-0.2, 0) is 42.0 Å². The van der Waals surface area contributed by atoms with Crippen molar-refractivity contribution < 1.29 is 104 Å². The van der Waals surface area contributed by atoms with Gasteiger partial charge in [-0.05, 0) is 92.5 Å². The molecule has 2 amide bonds. The molecule has 0 aromatic heterocycles. The normalized spacial score (nSPS) is 14.2. The van der Waals surface area contributed by atoms with Gasteiger partial charge >= 0.3 is 36.0 Å². The molecule has 4 aromatic carbocycles. The van der Waals surface area contributed by atoms with E-state index in [4.69, 9.17) is 5.73 Å². The summed E-state index contributed by atoms with van der Waals surface area (Å²) in [5.74, 6) is -2.76. The standard InChI is InChI=1S/C22H19F8NO.C17H12F8N2O.C4H6O.CH4.Zn/c1-12-11-15(20(24,21(25,26)27)22(28,29)30)9-10-17(12)31-19(32)16-4-2-3-14(18(16)23)8-7-13-5-6-13;1-8-7-9(15(19,16(20,21)22)17(23,24)25)5-6-12(8)27-14(28)10-3-2-4-11(26)13(10)18;5-3-4-1-2-4;;/h2-4,9-11,13H,5-8H2,1H3,(H,31,32);2-7H,26H2,1H3,(H,27,28);3-4H,1-2H2;1H4;. The maximum atomic E-state index is 14.7. The van der Waals surface area contributed by atoms with Crippen molar-refractivity contribution in [1.82, 2.24) is 0 Å². The minimum Gasteiger partial charge on any atom is -0.396 e.